The molecule has 75 heavy (non-hydrogen) atoms. The first-order valence-corrected chi connectivity index (χ1v) is 30.6. The molecule has 1 heterocycles. The van der Waals surface area contributed by atoms with Gasteiger partial charge in [0.15, 0.2) is 6.29 Å². The molecule has 7 atom stereocenters. The number of carbonyl (C=O) groups excluding carboxylic acids is 1. The number of hydrogen-bond donors (Lipinski definition) is 6. The second-order valence-corrected chi connectivity index (χ2v) is 20.8. The molecule has 0 bridgehead atoms. The summed E-state index contributed by atoms with van der Waals surface area (Å²) in [6, 6.07) is -0.833. The van der Waals surface area contributed by atoms with Gasteiger partial charge in [-0.15, -0.1) is 0 Å². The minimum atomic E-state index is -1.58. The molecule has 0 spiro atoms. The van der Waals surface area contributed by atoms with Crippen LogP contribution in [0.2, 0.25) is 0 Å². The van der Waals surface area contributed by atoms with Crippen molar-refractivity contribution in [2.24, 2.45) is 0 Å². The molecule has 7 unspecified atom stereocenters. The second-order valence-electron chi connectivity index (χ2n) is 20.8. The van der Waals surface area contributed by atoms with Crippen LogP contribution in [0.15, 0.2) is 109 Å². The summed E-state index contributed by atoms with van der Waals surface area (Å²) in [5.74, 6) is -0.196. The van der Waals surface area contributed by atoms with E-state index in [4.69, 9.17) is 9.47 Å². The van der Waals surface area contributed by atoms with Gasteiger partial charge in [-0.3, -0.25) is 4.79 Å². The van der Waals surface area contributed by atoms with E-state index in [1.165, 1.54) is 128 Å². The Labute approximate surface area is 459 Å². The van der Waals surface area contributed by atoms with Gasteiger partial charge in [0.05, 0.1) is 25.4 Å². The first kappa shape index (κ1) is 69.9. The van der Waals surface area contributed by atoms with Crippen LogP contribution < -0.4 is 5.32 Å². The number of hydrogen-bond acceptors (Lipinski definition) is 8. The lowest BCUT2D eigenvalue weighted by Gasteiger charge is -2.40. The lowest BCUT2D eigenvalue weighted by Crippen LogP contribution is -2.60. The zero-order chi connectivity index (χ0) is 54.3. The molecule has 0 aromatic carbocycles. The molecule has 1 amide bonds. The van der Waals surface area contributed by atoms with Crippen molar-refractivity contribution >= 4 is 5.91 Å². The van der Waals surface area contributed by atoms with E-state index < -0.39 is 49.5 Å². The molecular formula is C66H113NO8. The number of allylic oxidation sites excluding steroid dienone is 17. The van der Waals surface area contributed by atoms with E-state index in [1.807, 2.05) is 6.08 Å². The number of rotatable bonds is 51. The van der Waals surface area contributed by atoms with Gasteiger partial charge in [-0.2, -0.15) is 0 Å². The molecule has 6 N–H and O–H groups in total. The van der Waals surface area contributed by atoms with E-state index in [9.17, 15) is 30.3 Å². The maximum atomic E-state index is 13.1. The van der Waals surface area contributed by atoms with E-state index in [-0.39, 0.29) is 12.5 Å². The molecule has 0 aromatic heterocycles. The second kappa shape index (κ2) is 54.2. The predicted octanol–water partition coefficient (Wildman–Crippen LogP) is 15.7. The molecule has 1 rings (SSSR count). The van der Waals surface area contributed by atoms with Crippen molar-refractivity contribution in [2.75, 3.05) is 13.2 Å². The number of aliphatic hydroxyl groups is 5. The maximum Gasteiger partial charge on any atom is 0.220 e. The summed E-state index contributed by atoms with van der Waals surface area (Å²) in [6.45, 7) is 3.65. The summed E-state index contributed by atoms with van der Waals surface area (Å²) in [5.41, 5.74) is 0. The van der Waals surface area contributed by atoms with Crippen LogP contribution in [0.3, 0.4) is 0 Å². The summed E-state index contributed by atoms with van der Waals surface area (Å²) in [7, 11) is 0. The Balaban J connectivity index is 2.23. The first-order valence-electron chi connectivity index (χ1n) is 30.6. The van der Waals surface area contributed by atoms with Crippen LogP contribution in [-0.4, -0.2) is 87.5 Å². The van der Waals surface area contributed by atoms with E-state index in [0.717, 1.165) is 96.3 Å². The fraction of sp³-hybridized carbons (Fsp3) is 0.712. The lowest BCUT2D eigenvalue weighted by molar-refractivity contribution is -0.302. The third-order valence-corrected chi connectivity index (χ3v) is 13.8. The Morgan fingerprint density at radius 3 is 1.28 bits per heavy atom. The fourth-order valence-electron chi connectivity index (χ4n) is 9.04. The standard InChI is InChI=1S/C66H113NO8/c1-3-5-7-9-11-13-15-17-19-21-23-25-26-27-28-29-30-31-32-33-34-36-38-40-42-44-46-48-50-52-54-56-62(70)67-59(58-74-66-65(73)64(72)63(71)61(57-68)75-66)60(69)55-53-51-49-47-45-43-41-39-37-35-24-22-20-18-16-14-12-10-8-6-4-2/h5,7,11,13,17,19,23,25,27-28,30-31,33-34,45,47,53,55,59-61,63-66,68-69,71-73H,3-4,6,8-10,12,14-16,18,20-22,24,26,29,32,35-44,46,48-52,54,56-58H2,1-2H3,(H,67,70)/b7-5-,13-11-,19-17-,25-23-,28-27-,31-30-,34-33-,47-45+,55-53+. The number of nitrogens with one attached hydrogen (secondary N) is 1. The minimum absolute atomic E-state index is 0.196. The number of aliphatic hydroxyl groups excluding tert-OH is 5. The maximum absolute atomic E-state index is 13.1. The van der Waals surface area contributed by atoms with Crippen molar-refractivity contribution in [3.05, 3.63) is 109 Å². The van der Waals surface area contributed by atoms with Gasteiger partial charge in [0, 0.05) is 6.42 Å². The van der Waals surface area contributed by atoms with Crippen molar-refractivity contribution in [3.63, 3.8) is 0 Å². The average molecular weight is 1050 g/mol. The van der Waals surface area contributed by atoms with E-state index in [2.05, 4.69) is 116 Å². The van der Waals surface area contributed by atoms with Crippen LogP contribution in [0.4, 0.5) is 0 Å². The van der Waals surface area contributed by atoms with Crippen molar-refractivity contribution in [1.29, 1.82) is 0 Å². The van der Waals surface area contributed by atoms with Gasteiger partial charge in [-0.05, 0) is 89.9 Å². The zero-order valence-electron chi connectivity index (χ0n) is 47.8. The molecule has 9 heteroatoms. The highest BCUT2D eigenvalue weighted by Gasteiger charge is 2.44. The third-order valence-electron chi connectivity index (χ3n) is 13.8. The molecular weight excluding hydrogens is 935 g/mol. The number of carbonyl (C=O) groups is 1. The summed E-state index contributed by atoms with van der Waals surface area (Å²) in [6.07, 6.45) is 73.0. The monoisotopic (exact) mass is 1050 g/mol. The zero-order valence-corrected chi connectivity index (χ0v) is 47.8. The number of unbranched alkanes of at least 4 members (excludes halogenated alkanes) is 25. The summed E-state index contributed by atoms with van der Waals surface area (Å²) in [5, 5.41) is 54.6. The molecule has 0 saturated carbocycles. The highest BCUT2D eigenvalue weighted by atomic mass is 16.7. The molecule has 9 nitrogen and oxygen atoms in total. The smallest absolute Gasteiger partial charge is 0.220 e. The molecule has 1 saturated heterocycles. The van der Waals surface area contributed by atoms with E-state index in [1.54, 1.807) is 6.08 Å². The SMILES string of the molecule is CC/C=C\C/C=C\C/C=C\C/C=C\C/C=C\C/C=C\C/C=C\CCCCCCCCCCCC(=O)NC(COC1OC(CO)C(O)C(O)C1O)C(O)/C=C/CC/C=C/CCCCCCCCCCCCCCCCC. The highest BCUT2D eigenvalue weighted by Crippen LogP contribution is 2.23. The van der Waals surface area contributed by atoms with Gasteiger partial charge < -0.3 is 40.3 Å². The fourth-order valence-corrected chi connectivity index (χ4v) is 9.04. The van der Waals surface area contributed by atoms with Crippen molar-refractivity contribution in [1.82, 2.24) is 5.32 Å². The lowest BCUT2D eigenvalue weighted by atomic mass is 9.99. The Hall–Kier alpha value is -3.15. The number of ether oxygens (including phenoxy) is 2. The van der Waals surface area contributed by atoms with Crippen molar-refractivity contribution in [2.45, 2.75) is 288 Å². The Kier molecular flexibility index (Phi) is 50.5. The summed E-state index contributed by atoms with van der Waals surface area (Å²) >= 11 is 0. The predicted molar refractivity (Wildman–Crippen MR) is 317 cm³/mol. The van der Waals surface area contributed by atoms with E-state index >= 15 is 0 Å². The third kappa shape index (κ3) is 43.5. The average Bonchev–Trinajstić information content (AvgIpc) is 3.41. The van der Waals surface area contributed by atoms with Crippen LogP contribution >= 0.6 is 0 Å². The van der Waals surface area contributed by atoms with Crippen LogP contribution in [0.5, 0.6) is 0 Å². The van der Waals surface area contributed by atoms with Gasteiger partial charge >= 0.3 is 0 Å². The summed E-state index contributed by atoms with van der Waals surface area (Å²) in [4.78, 5) is 13.1. The topological polar surface area (TPSA) is 149 Å². The van der Waals surface area contributed by atoms with Gasteiger partial charge in [-0.25, -0.2) is 0 Å². The van der Waals surface area contributed by atoms with E-state index in [0.29, 0.717) is 6.42 Å². The van der Waals surface area contributed by atoms with Crippen LogP contribution in [0.1, 0.15) is 245 Å². The molecule has 0 aromatic rings. The summed E-state index contributed by atoms with van der Waals surface area (Å²) < 4.78 is 11.3. The molecule has 1 aliphatic rings. The molecule has 0 aliphatic carbocycles. The largest absolute Gasteiger partial charge is 0.394 e. The Morgan fingerprint density at radius 1 is 0.467 bits per heavy atom. The number of amides is 1. The van der Waals surface area contributed by atoms with Crippen LogP contribution in [0.25, 0.3) is 0 Å². The normalized spacial score (nSPS) is 19.7. The molecule has 430 valence electrons. The van der Waals surface area contributed by atoms with Gasteiger partial charge in [0.25, 0.3) is 0 Å². The van der Waals surface area contributed by atoms with Crippen molar-refractivity contribution in [3.8, 4) is 0 Å². The highest BCUT2D eigenvalue weighted by molar-refractivity contribution is 5.76. The van der Waals surface area contributed by atoms with Gasteiger partial charge in [0.2, 0.25) is 5.91 Å². The quantitative estimate of drug-likeness (QED) is 0.0261. The minimum Gasteiger partial charge on any atom is -0.394 e. The van der Waals surface area contributed by atoms with Crippen LogP contribution in [0, 0.1) is 0 Å². The Bertz CT molecular complexity index is 1540. The van der Waals surface area contributed by atoms with Crippen molar-refractivity contribution < 1.29 is 39.8 Å². The molecule has 1 aliphatic heterocycles. The van der Waals surface area contributed by atoms with Gasteiger partial charge in [0.1, 0.15) is 24.4 Å². The molecule has 1 fully saturated rings. The first-order chi connectivity index (χ1) is 36.8. The van der Waals surface area contributed by atoms with Crippen LogP contribution in [-0.2, 0) is 14.3 Å². The molecule has 0 radical (unpaired) electrons. The Morgan fingerprint density at radius 2 is 0.840 bits per heavy atom. The van der Waals surface area contributed by atoms with Gasteiger partial charge in [-0.1, -0.05) is 258 Å².